The van der Waals surface area contributed by atoms with Gasteiger partial charge in [-0.15, -0.1) is 0 Å². The van der Waals surface area contributed by atoms with Crippen LogP contribution in [0.4, 0.5) is 4.39 Å². The molecule has 2 unspecified atom stereocenters. The summed E-state index contributed by atoms with van der Waals surface area (Å²) in [5.74, 6) is -2.79. The van der Waals surface area contributed by atoms with Crippen LogP contribution in [0.3, 0.4) is 0 Å². The minimum absolute atomic E-state index is 0.0786. The molecule has 4 amide bonds. The van der Waals surface area contributed by atoms with Gasteiger partial charge in [0.05, 0.1) is 11.6 Å². The Labute approximate surface area is 172 Å². The maximum absolute atomic E-state index is 14.7. The minimum atomic E-state index is -0.801. The predicted octanol–water partition coefficient (Wildman–Crippen LogP) is 2.08. The third kappa shape index (κ3) is 3.56. The molecule has 4 rings (SSSR count). The van der Waals surface area contributed by atoms with Crippen LogP contribution in [0.5, 0.6) is 0 Å². The number of piperidine rings is 1. The molecule has 7 nitrogen and oxygen atoms in total. The van der Waals surface area contributed by atoms with Crippen LogP contribution in [-0.2, 0) is 16.1 Å². The van der Waals surface area contributed by atoms with Crippen LogP contribution >= 0.6 is 0 Å². The first-order chi connectivity index (χ1) is 14.3. The Kier molecular flexibility index (Phi) is 5.07. The molecule has 2 aliphatic heterocycles. The molecule has 8 heteroatoms. The summed E-state index contributed by atoms with van der Waals surface area (Å²) in [4.78, 5) is 50.2. The van der Waals surface area contributed by atoms with Gasteiger partial charge in [0.1, 0.15) is 11.9 Å². The fourth-order valence-corrected chi connectivity index (χ4v) is 3.86. The van der Waals surface area contributed by atoms with Gasteiger partial charge in [0, 0.05) is 18.5 Å². The number of halogens is 1. The maximum atomic E-state index is 14.7. The van der Waals surface area contributed by atoms with Crippen LogP contribution in [0.1, 0.15) is 57.7 Å². The van der Waals surface area contributed by atoms with Crippen LogP contribution in [0.2, 0.25) is 0 Å². The van der Waals surface area contributed by atoms with E-state index in [9.17, 15) is 23.6 Å². The molecule has 2 heterocycles. The number of hydrogen-bond donors (Lipinski definition) is 2. The molecule has 2 aromatic carbocycles. The normalized spacial score (nSPS) is 19.3. The summed E-state index contributed by atoms with van der Waals surface area (Å²) in [6, 6.07) is 10.6. The molecular formula is C22H20FN3O4. The van der Waals surface area contributed by atoms with Gasteiger partial charge in [0.25, 0.3) is 11.8 Å². The predicted molar refractivity (Wildman–Crippen MR) is 105 cm³/mol. The van der Waals surface area contributed by atoms with Gasteiger partial charge in [-0.3, -0.25) is 24.5 Å². The van der Waals surface area contributed by atoms with Gasteiger partial charge >= 0.3 is 0 Å². The Hall–Kier alpha value is -3.55. The highest BCUT2D eigenvalue weighted by atomic mass is 19.1. The molecule has 0 radical (unpaired) electrons. The van der Waals surface area contributed by atoms with Gasteiger partial charge < -0.3 is 10.2 Å². The number of amides is 4. The van der Waals surface area contributed by atoms with Crippen molar-refractivity contribution in [3.8, 4) is 0 Å². The van der Waals surface area contributed by atoms with Crippen LogP contribution in [0, 0.1) is 5.82 Å². The lowest BCUT2D eigenvalue weighted by molar-refractivity contribution is -0.136. The molecule has 154 valence electrons. The summed E-state index contributed by atoms with van der Waals surface area (Å²) in [7, 11) is 0. The second-order valence-corrected chi connectivity index (χ2v) is 7.49. The first kappa shape index (κ1) is 19.8. The molecular weight excluding hydrogens is 389 g/mol. The average molecular weight is 409 g/mol. The Morgan fingerprint density at radius 3 is 2.63 bits per heavy atom. The quantitative estimate of drug-likeness (QED) is 0.756. The highest BCUT2D eigenvalue weighted by molar-refractivity contribution is 6.06. The standard InChI is InChI=1S/C22H20FN3O4/c1-12(13-5-3-2-4-6-13)24-20(28)16-9-14-11-26(22(30)15(14)10-17(16)23)18-7-8-19(27)25-21(18)29/h2-6,9-10,12,18H,7-8,11H2,1H3,(H,24,28)(H,25,27,29). The van der Waals surface area contributed by atoms with E-state index in [0.29, 0.717) is 5.56 Å². The molecule has 2 aliphatic rings. The number of nitrogens with zero attached hydrogens (tertiary/aromatic N) is 1. The van der Waals surface area contributed by atoms with E-state index in [4.69, 9.17) is 0 Å². The SMILES string of the molecule is CC(NC(=O)c1cc2c(cc1F)C(=O)N(C1CCC(=O)NC1=O)C2)c1ccccc1. The van der Waals surface area contributed by atoms with Crippen molar-refractivity contribution in [3.63, 3.8) is 0 Å². The molecule has 0 bridgehead atoms. The average Bonchev–Trinajstić information content (AvgIpc) is 3.03. The first-order valence-corrected chi connectivity index (χ1v) is 9.68. The number of nitrogens with one attached hydrogen (secondary N) is 2. The summed E-state index contributed by atoms with van der Waals surface area (Å²) >= 11 is 0. The molecule has 0 spiro atoms. The molecule has 0 saturated carbocycles. The van der Waals surface area contributed by atoms with Crippen molar-refractivity contribution in [1.82, 2.24) is 15.5 Å². The number of fused-ring (bicyclic) bond motifs is 1. The first-order valence-electron chi connectivity index (χ1n) is 9.68. The summed E-state index contributed by atoms with van der Waals surface area (Å²) in [6.07, 6.45) is 0.352. The molecule has 1 fully saturated rings. The molecule has 1 saturated heterocycles. The maximum Gasteiger partial charge on any atom is 0.255 e. The third-order valence-corrected chi connectivity index (χ3v) is 5.50. The van der Waals surface area contributed by atoms with E-state index in [0.717, 1.165) is 11.6 Å². The van der Waals surface area contributed by atoms with Gasteiger partial charge in [-0.25, -0.2) is 4.39 Å². The molecule has 2 atom stereocenters. The van der Waals surface area contributed by atoms with Gasteiger partial charge in [-0.2, -0.15) is 0 Å². The summed E-state index contributed by atoms with van der Waals surface area (Å²) in [5.41, 5.74) is 1.33. The number of rotatable bonds is 4. The van der Waals surface area contributed by atoms with Gasteiger partial charge in [0.15, 0.2) is 0 Å². The smallest absolute Gasteiger partial charge is 0.255 e. The second-order valence-electron chi connectivity index (χ2n) is 7.49. The topological polar surface area (TPSA) is 95.6 Å². The summed E-state index contributed by atoms with van der Waals surface area (Å²) in [6.45, 7) is 1.88. The van der Waals surface area contributed by atoms with Crippen molar-refractivity contribution < 1.29 is 23.6 Å². The third-order valence-electron chi connectivity index (χ3n) is 5.50. The molecule has 2 N–H and O–H groups in total. The van der Waals surface area contributed by atoms with E-state index in [1.165, 1.54) is 11.0 Å². The Morgan fingerprint density at radius 1 is 1.20 bits per heavy atom. The molecule has 0 aliphatic carbocycles. The largest absolute Gasteiger partial charge is 0.345 e. The molecule has 2 aromatic rings. The van der Waals surface area contributed by atoms with E-state index in [1.54, 1.807) is 6.92 Å². The zero-order valence-electron chi connectivity index (χ0n) is 16.3. The molecule has 0 aromatic heterocycles. The number of benzene rings is 2. The van der Waals surface area contributed by atoms with Crippen molar-refractivity contribution in [2.75, 3.05) is 0 Å². The van der Waals surface area contributed by atoms with E-state index in [1.807, 2.05) is 30.3 Å². The highest BCUT2D eigenvalue weighted by Crippen LogP contribution is 2.29. The zero-order valence-corrected chi connectivity index (χ0v) is 16.3. The van der Waals surface area contributed by atoms with Crippen LogP contribution < -0.4 is 10.6 Å². The van der Waals surface area contributed by atoms with E-state index >= 15 is 0 Å². The Balaban J connectivity index is 1.54. The van der Waals surface area contributed by atoms with Crippen LogP contribution in [0.25, 0.3) is 0 Å². The Bertz CT molecular complexity index is 1050. The highest BCUT2D eigenvalue weighted by Gasteiger charge is 2.39. The van der Waals surface area contributed by atoms with Crippen molar-refractivity contribution in [2.45, 2.75) is 38.4 Å². The number of carbonyl (C=O) groups is 4. The monoisotopic (exact) mass is 409 g/mol. The number of hydrogen-bond acceptors (Lipinski definition) is 4. The summed E-state index contributed by atoms with van der Waals surface area (Å²) in [5, 5.41) is 4.98. The number of imide groups is 1. The van der Waals surface area contributed by atoms with Gasteiger partial charge in [-0.05, 0) is 36.6 Å². The van der Waals surface area contributed by atoms with Crippen LogP contribution in [0.15, 0.2) is 42.5 Å². The van der Waals surface area contributed by atoms with E-state index in [2.05, 4.69) is 10.6 Å². The van der Waals surface area contributed by atoms with E-state index < -0.39 is 29.6 Å². The van der Waals surface area contributed by atoms with Crippen molar-refractivity contribution >= 4 is 23.6 Å². The van der Waals surface area contributed by atoms with E-state index in [-0.39, 0.29) is 42.5 Å². The lowest BCUT2D eigenvalue weighted by atomic mass is 10.0. The fourth-order valence-electron chi connectivity index (χ4n) is 3.86. The minimum Gasteiger partial charge on any atom is -0.345 e. The van der Waals surface area contributed by atoms with Crippen molar-refractivity contribution in [2.24, 2.45) is 0 Å². The van der Waals surface area contributed by atoms with Crippen molar-refractivity contribution in [1.29, 1.82) is 0 Å². The van der Waals surface area contributed by atoms with Gasteiger partial charge in [0.2, 0.25) is 11.8 Å². The fraction of sp³-hybridized carbons (Fsp3) is 0.273. The lowest BCUT2D eigenvalue weighted by Gasteiger charge is -2.29. The van der Waals surface area contributed by atoms with Crippen molar-refractivity contribution in [3.05, 3.63) is 70.5 Å². The number of carbonyl (C=O) groups excluding carboxylic acids is 4. The van der Waals surface area contributed by atoms with Crippen LogP contribution in [-0.4, -0.2) is 34.6 Å². The Morgan fingerprint density at radius 2 is 1.93 bits per heavy atom. The summed E-state index contributed by atoms with van der Waals surface area (Å²) < 4.78 is 14.7. The lowest BCUT2D eigenvalue weighted by Crippen LogP contribution is -2.52. The molecule has 30 heavy (non-hydrogen) atoms. The zero-order chi connectivity index (χ0) is 21.4. The van der Waals surface area contributed by atoms with Gasteiger partial charge in [-0.1, -0.05) is 30.3 Å². The second kappa shape index (κ2) is 7.70.